The Bertz CT molecular complexity index is 828. The highest BCUT2D eigenvalue weighted by Crippen LogP contribution is 2.39. The lowest BCUT2D eigenvalue weighted by Gasteiger charge is -2.35. The summed E-state index contributed by atoms with van der Waals surface area (Å²) in [5, 5.41) is 2.74. The van der Waals surface area contributed by atoms with Crippen molar-refractivity contribution in [2.75, 3.05) is 35.3 Å². The van der Waals surface area contributed by atoms with Gasteiger partial charge in [-0.2, -0.15) is 0 Å². The van der Waals surface area contributed by atoms with E-state index in [-0.39, 0.29) is 17.8 Å². The molecule has 128 valence electrons. The fourth-order valence-electron chi connectivity index (χ4n) is 3.22. The lowest BCUT2D eigenvalue weighted by Crippen LogP contribution is -2.48. The number of nitrogens with one attached hydrogen (secondary N) is 1. The van der Waals surface area contributed by atoms with Crippen LogP contribution < -0.4 is 15.1 Å². The normalized spacial score (nSPS) is 17.9. The van der Waals surface area contributed by atoms with Gasteiger partial charge in [-0.25, -0.2) is 19.6 Å². The number of carbonyl (C=O) groups excluding carboxylic acids is 2. The van der Waals surface area contributed by atoms with Crippen LogP contribution in [0.3, 0.4) is 0 Å². The molecule has 9 nitrogen and oxygen atoms in total. The van der Waals surface area contributed by atoms with Crippen molar-refractivity contribution in [3.8, 4) is 0 Å². The standard InChI is InChI=1S/C16H16N6O3/c1-25-15(23)11-2-3-12-14(19-11)22(10-4-7-21(12)9-10)16(24)20-13-8-17-5-6-18-13/h2-3,5-6,8,10H,4,7,9H2,1H3,(H,18,20,24). The number of hydrogen-bond donors (Lipinski definition) is 1. The molecule has 2 aliphatic rings. The first-order valence-corrected chi connectivity index (χ1v) is 7.88. The summed E-state index contributed by atoms with van der Waals surface area (Å²) in [6.07, 6.45) is 5.34. The molecule has 2 bridgehead atoms. The molecule has 1 N–H and O–H groups in total. The van der Waals surface area contributed by atoms with Gasteiger partial charge in [-0.1, -0.05) is 0 Å². The third-order valence-electron chi connectivity index (χ3n) is 4.36. The summed E-state index contributed by atoms with van der Waals surface area (Å²) in [6, 6.07) is 3.06. The summed E-state index contributed by atoms with van der Waals surface area (Å²) in [4.78, 5) is 40.8. The zero-order chi connectivity index (χ0) is 17.4. The van der Waals surface area contributed by atoms with Crippen molar-refractivity contribution in [1.82, 2.24) is 15.0 Å². The van der Waals surface area contributed by atoms with Crippen LogP contribution in [-0.4, -0.2) is 53.2 Å². The van der Waals surface area contributed by atoms with E-state index < -0.39 is 5.97 Å². The summed E-state index contributed by atoms with van der Waals surface area (Å²) in [6.45, 7) is 1.58. The van der Waals surface area contributed by atoms with Crippen LogP contribution in [0.2, 0.25) is 0 Å². The SMILES string of the molecule is COC(=O)c1ccc2c(n1)N(C(=O)Nc1cnccn1)C1CCN2C1. The highest BCUT2D eigenvalue weighted by molar-refractivity contribution is 6.04. The number of esters is 1. The lowest BCUT2D eigenvalue weighted by molar-refractivity contribution is 0.0594. The minimum absolute atomic E-state index is 0.00966. The number of rotatable bonds is 2. The molecular weight excluding hydrogens is 324 g/mol. The topological polar surface area (TPSA) is 101 Å². The maximum absolute atomic E-state index is 12.8. The van der Waals surface area contributed by atoms with Gasteiger partial charge in [0.25, 0.3) is 0 Å². The first-order chi connectivity index (χ1) is 12.2. The van der Waals surface area contributed by atoms with Gasteiger partial charge in [0.15, 0.2) is 17.3 Å². The minimum Gasteiger partial charge on any atom is -0.464 e. The Kier molecular flexibility index (Phi) is 3.68. The van der Waals surface area contributed by atoms with Crippen molar-refractivity contribution in [2.24, 2.45) is 0 Å². The molecule has 0 spiro atoms. The number of aromatic nitrogens is 3. The molecular formula is C16H16N6O3. The molecule has 4 rings (SSSR count). The number of amides is 2. The number of hydrogen-bond acceptors (Lipinski definition) is 7. The van der Waals surface area contributed by atoms with Gasteiger partial charge in [0.2, 0.25) is 0 Å². The van der Waals surface area contributed by atoms with E-state index in [0.717, 1.165) is 25.2 Å². The second kappa shape index (κ2) is 6.00. The highest BCUT2D eigenvalue weighted by Gasteiger charge is 2.40. The zero-order valence-corrected chi connectivity index (χ0v) is 13.5. The Morgan fingerprint density at radius 3 is 2.96 bits per heavy atom. The lowest BCUT2D eigenvalue weighted by atomic mass is 10.2. The molecule has 2 aromatic heterocycles. The fourth-order valence-corrected chi connectivity index (χ4v) is 3.22. The van der Waals surface area contributed by atoms with Crippen molar-refractivity contribution in [2.45, 2.75) is 12.5 Å². The van der Waals surface area contributed by atoms with E-state index in [1.807, 2.05) is 0 Å². The van der Waals surface area contributed by atoms with Crippen molar-refractivity contribution in [3.05, 3.63) is 36.4 Å². The first-order valence-electron chi connectivity index (χ1n) is 7.88. The fraction of sp³-hybridized carbons (Fsp3) is 0.312. The average Bonchev–Trinajstić information content (AvgIpc) is 3.06. The Hall–Kier alpha value is -3.23. The summed E-state index contributed by atoms with van der Waals surface area (Å²) in [7, 11) is 1.30. The van der Waals surface area contributed by atoms with E-state index in [9.17, 15) is 9.59 Å². The number of anilines is 3. The molecule has 2 aliphatic heterocycles. The average molecular weight is 340 g/mol. The van der Waals surface area contributed by atoms with E-state index >= 15 is 0 Å². The van der Waals surface area contributed by atoms with Crippen LogP contribution in [-0.2, 0) is 4.74 Å². The minimum atomic E-state index is -0.537. The first kappa shape index (κ1) is 15.3. The van der Waals surface area contributed by atoms with Gasteiger partial charge in [0.1, 0.15) is 0 Å². The summed E-state index contributed by atoms with van der Waals surface area (Å²) < 4.78 is 4.74. The van der Waals surface area contributed by atoms with Crippen molar-refractivity contribution in [1.29, 1.82) is 0 Å². The van der Waals surface area contributed by atoms with Gasteiger partial charge in [-0.15, -0.1) is 0 Å². The number of ether oxygens (including phenoxy) is 1. The van der Waals surface area contributed by atoms with Crippen molar-refractivity contribution < 1.29 is 14.3 Å². The largest absolute Gasteiger partial charge is 0.464 e. The number of methoxy groups -OCH3 is 1. The molecule has 25 heavy (non-hydrogen) atoms. The van der Waals surface area contributed by atoms with E-state index in [4.69, 9.17) is 4.74 Å². The molecule has 0 aromatic carbocycles. The predicted octanol–water partition coefficient (Wildman–Crippen LogP) is 1.29. The summed E-state index contributed by atoms with van der Waals surface area (Å²) in [5.41, 5.74) is 0.997. The molecule has 4 heterocycles. The number of urea groups is 1. The van der Waals surface area contributed by atoms with E-state index in [2.05, 4.69) is 25.2 Å². The van der Waals surface area contributed by atoms with E-state index in [0.29, 0.717) is 11.6 Å². The van der Waals surface area contributed by atoms with E-state index in [1.54, 1.807) is 17.0 Å². The Labute approximate surface area is 143 Å². The van der Waals surface area contributed by atoms with Gasteiger partial charge in [-0.3, -0.25) is 15.2 Å². The molecule has 9 heteroatoms. The van der Waals surface area contributed by atoms with Crippen LogP contribution in [0.15, 0.2) is 30.7 Å². The molecule has 1 fully saturated rings. The zero-order valence-electron chi connectivity index (χ0n) is 13.5. The Morgan fingerprint density at radius 2 is 2.20 bits per heavy atom. The van der Waals surface area contributed by atoms with Gasteiger partial charge in [0.05, 0.1) is 25.0 Å². The van der Waals surface area contributed by atoms with Crippen LogP contribution in [0.4, 0.5) is 22.1 Å². The van der Waals surface area contributed by atoms with Gasteiger partial charge in [-0.05, 0) is 18.6 Å². The molecule has 1 saturated heterocycles. The second-order valence-corrected chi connectivity index (χ2v) is 5.81. The summed E-state index contributed by atoms with van der Waals surface area (Å²) >= 11 is 0. The molecule has 1 unspecified atom stereocenters. The van der Waals surface area contributed by atoms with Crippen LogP contribution in [0.5, 0.6) is 0 Å². The van der Waals surface area contributed by atoms with Gasteiger partial charge < -0.3 is 9.64 Å². The van der Waals surface area contributed by atoms with Crippen LogP contribution in [0, 0.1) is 0 Å². The summed E-state index contributed by atoms with van der Waals surface area (Å²) in [5.74, 6) is 0.279. The maximum atomic E-state index is 12.8. The van der Waals surface area contributed by atoms with Crippen LogP contribution in [0.1, 0.15) is 16.9 Å². The van der Waals surface area contributed by atoms with Crippen LogP contribution >= 0.6 is 0 Å². The number of fused-ring (bicyclic) bond motifs is 4. The van der Waals surface area contributed by atoms with Crippen molar-refractivity contribution >= 4 is 29.3 Å². The quantitative estimate of drug-likeness (QED) is 0.822. The molecule has 0 radical (unpaired) electrons. The molecule has 0 saturated carbocycles. The van der Waals surface area contributed by atoms with Gasteiger partial charge >= 0.3 is 12.0 Å². The second-order valence-electron chi connectivity index (χ2n) is 5.81. The maximum Gasteiger partial charge on any atom is 0.356 e. The molecule has 2 aromatic rings. The monoisotopic (exact) mass is 340 g/mol. The Balaban J connectivity index is 1.71. The smallest absolute Gasteiger partial charge is 0.356 e. The van der Waals surface area contributed by atoms with Gasteiger partial charge in [0, 0.05) is 25.5 Å². The molecule has 1 atom stereocenters. The predicted molar refractivity (Wildman–Crippen MR) is 89.7 cm³/mol. The third-order valence-corrected chi connectivity index (χ3v) is 4.36. The van der Waals surface area contributed by atoms with E-state index in [1.165, 1.54) is 25.7 Å². The Morgan fingerprint density at radius 1 is 1.32 bits per heavy atom. The highest BCUT2D eigenvalue weighted by atomic mass is 16.5. The number of carbonyl (C=O) groups is 2. The van der Waals surface area contributed by atoms with Crippen LogP contribution in [0.25, 0.3) is 0 Å². The third kappa shape index (κ3) is 2.63. The van der Waals surface area contributed by atoms with Crippen molar-refractivity contribution in [3.63, 3.8) is 0 Å². The molecule has 0 aliphatic carbocycles. The number of nitrogens with zero attached hydrogens (tertiary/aromatic N) is 5. The number of pyridine rings is 1. The molecule has 2 amide bonds.